The van der Waals surface area contributed by atoms with Gasteiger partial charge in [0.05, 0.1) is 17.1 Å². The molecular formula is C13H11N5. The van der Waals surface area contributed by atoms with E-state index in [2.05, 4.69) is 20.2 Å². The molecule has 3 N–H and O–H groups in total. The predicted molar refractivity (Wildman–Crippen MR) is 69.5 cm³/mol. The number of rotatable bonds is 2. The van der Waals surface area contributed by atoms with Crippen molar-refractivity contribution >= 4 is 5.69 Å². The number of aromatic nitrogens is 4. The molecule has 3 heterocycles. The van der Waals surface area contributed by atoms with Crippen LogP contribution in [0.4, 0.5) is 5.69 Å². The molecule has 0 unspecified atom stereocenters. The summed E-state index contributed by atoms with van der Waals surface area (Å²) in [5.41, 5.74) is 9.54. The summed E-state index contributed by atoms with van der Waals surface area (Å²) >= 11 is 0. The van der Waals surface area contributed by atoms with E-state index in [1.165, 1.54) is 0 Å². The van der Waals surface area contributed by atoms with Crippen LogP contribution in [0.25, 0.3) is 22.8 Å². The Morgan fingerprint density at radius 1 is 0.889 bits per heavy atom. The van der Waals surface area contributed by atoms with Crippen molar-refractivity contribution in [3.63, 3.8) is 0 Å². The van der Waals surface area contributed by atoms with Crippen molar-refractivity contribution < 1.29 is 0 Å². The van der Waals surface area contributed by atoms with Crippen LogP contribution in [-0.4, -0.2) is 20.2 Å². The summed E-state index contributed by atoms with van der Waals surface area (Å²) in [6.45, 7) is 0. The number of nitrogens with zero attached hydrogens (tertiary/aromatic N) is 3. The molecule has 5 nitrogen and oxygen atoms in total. The Kier molecular flexibility index (Phi) is 2.49. The van der Waals surface area contributed by atoms with Gasteiger partial charge in [-0.3, -0.25) is 15.1 Å². The number of aromatic amines is 1. The van der Waals surface area contributed by atoms with Crippen molar-refractivity contribution in [3.05, 3.63) is 48.8 Å². The molecule has 0 aliphatic rings. The summed E-state index contributed by atoms with van der Waals surface area (Å²) < 4.78 is 0. The van der Waals surface area contributed by atoms with Gasteiger partial charge in [-0.1, -0.05) is 12.1 Å². The largest absolute Gasteiger partial charge is 0.395 e. The molecule has 0 amide bonds. The van der Waals surface area contributed by atoms with Gasteiger partial charge in [-0.15, -0.1) is 0 Å². The zero-order valence-corrected chi connectivity index (χ0v) is 9.54. The van der Waals surface area contributed by atoms with Crippen molar-refractivity contribution in [3.8, 4) is 22.8 Å². The molecule has 0 aliphatic carbocycles. The molecule has 0 atom stereocenters. The Morgan fingerprint density at radius 2 is 1.56 bits per heavy atom. The van der Waals surface area contributed by atoms with E-state index in [1.807, 2.05) is 36.4 Å². The fourth-order valence-electron chi connectivity index (χ4n) is 1.75. The second-order valence-corrected chi connectivity index (χ2v) is 3.79. The zero-order chi connectivity index (χ0) is 12.4. The third kappa shape index (κ3) is 1.71. The molecular weight excluding hydrogens is 226 g/mol. The van der Waals surface area contributed by atoms with Crippen LogP contribution in [0.5, 0.6) is 0 Å². The lowest BCUT2D eigenvalue weighted by Crippen LogP contribution is -1.91. The Bertz CT molecular complexity index is 589. The maximum Gasteiger partial charge on any atom is 0.134 e. The number of anilines is 1. The van der Waals surface area contributed by atoms with E-state index in [1.54, 1.807) is 12.4 Å². The van der Waals surface area contributed by atoms with Crippen LogP contribution in [-0.2, 0) is 0 Å². The van der Waals surface area contributed by atoms with Gasteiger partial charge in [0, 0.05) is 12.4 Å². The number of pyridine rings is 2. The average Bonchev–Trinajstić information content (AvgIpc) is 2.83. The lowest BCUT2D eigenvalue weighted by molar-refractivity contribution is 1.08. The van der Waals surface area contributed by atoms with Crippen molar-refractivity contribution in [1.29, 1.82) is 0 Å². The number of nitrogens with one attached hydrogen (secondary N) is 1. The van der Waals surface area contributed by atoms with E-state index >= 15 is 0 Å². The molecule has 0 fully saturated rings. The zero-order valence-electron chi connectivity index (χ0n) is 9.54. The molecule has 88 valence electrons. The highest BCUT2D eigenvalue weighted by Gasteiger charge is 2.14. The van der Waals surface area contributed by atoms with E-state index in [-0.39, 0.29) is 0 Å². The van der Waals surface area contributed by atoms with Crippen LogP contribution in [0.2, 0.25) is 0 Å². The standard InChI is InChI=1S/C13H11N5/c14-11-12(9-5-1-3-7-15-9)17-18-13(11)10-6-2-4-8-16-10/h1-8H,14H2,(H,17,18). The minimum Gasteiger partial charge on any atom is -0.395 e. The molecule has 0 saturated carbocycles. The molecule has 0 bridgehead atoms. The van der Waals surface area contributed by atoms with Crippen LogP contribution in [0.3, 0.4) is 0 Å². The Hall–Kier alpha value is -2.69. The molecule has 3 rings (SSSR count). The first-order valence-electron chi connectivity index (χ1n) is 5.53. The maximum atomic E-state index is 6.09. The Labute approximate surface area is 104 Å². The van der Waals surface area contributed by atoms with Gasteiger partial charge in [-0.2, -0.15) is 5.10 Å². The number of hydrogen-bond acceptors (Lipinski definition) is 4. The number of nitrogens with two attached hydrogens (primary N) is 1. The minimum absolute atomic E-state index is 0.562. The summed E-state index contributed by atoms with van der Waals surface area (Å²) in [6, 6.07) is 11.3. The van der Waals surface area contributed by atoms with E-state index in [0.29, 0.717) is 11.4 Å². The highest BCUT2D eigenvalue weighted by Crippen LogP contribution is 2.29. The van der Waals surface area contributed by atoms with Crippen LogP contribution in [0, 0.1) is 0 Å². The first-order valence-corrected chi connectivity index (χ1v) is 5.53. The van der Waals surface area contributed by atoms with E-state index in [9.17, 15) is 0 Å². The summed E-state index contributed by atoms with van der Waals surface area (Å²) in [6.07, 6.45) is 3.43. The smallest absolute Gasteiger partial charge is 0.134 e. The molecule has 3 aromatic rings. The van der Waals surface area contributed by atoms with E-state index in [4.69, 9.17) is 5.73 Å². The summed E-state index contributed by atoms with van der Waals surface area (Å²) in [7, 11) is 0. The van der Waals surface area contributed by atoms with Gasteiger partial charge in [0.1, 0.15) is 11.4 Å². The van der Waals surface area contributed by atoms with E-state index < -0.39 is 0 Å². The van der Waals surface area contributed by atoms with Crippen molar-refractivity contribution in [2.24, 2.45) is 0 Å². The van der Waals surface area contributed by atoms with Gasteiger partial charge in [0.2, 0.25) is 0 Å². The summed E-state index contributed by atoms with van der Waals surface area (Å²) in [5, 5.41) is 7.12. The molecule has 0 spiro atoms. The first kappa shape index (κ1) is 10.5. The Morgan fingerprint density at radius 3 is 2.17 bits per heavy atom. The average molecular weight is 237 g/mol. The second-order valence-electron chi connectivity index (χ2n) is 3.79. The predicted octanol–water partition coefficient (Wildman–Crippen LogP) is 2.12. The van der Waals surface area contributed by atoms with Gasteiger partial charge in [-0.25, -0.2) is 0 Å². The molecule has 0 radical (unpaired) electrons. The second kappa shape index (κ2) is 4.29. The van der Waals surface area contributed by atoms with Crippen LogP contribution in [0.1, 0.15) is 0 Å². The van der Waals surface area contributed by atoms with Gasteiger partial charge in [0.15, 0.2) is 0 Å². The minimum atomic E-state index is 0.562. The van der Waals surface area contributed by atoms with E-state index in [0.717, 1.165) is 17.1 Å². The molecule has 5 heteroatoms. The highest BCUT2D eigenvalue weighted by molar-refractivity contribution is 5.82. The molecule has 0 aromatic carbocycles. The maximum absolute atomic E-state index is 6.09. The van der Waals surface area contributed by atoms with Gasteiger partial charge < -0.3 is 5.73 Å². The molecule has 18 heavy (non-hydrogen) atoms. The van der Waals surface area contributed by atoms with Crippen LogP contribution < -0.4 is 5.73 Å². The highest BCUT2D eigenvalue weighted by atomic mass is 15.1. The monoisotopic (exact) mass is 237 g/mol. The lowest BCUT2D eigenvalue weighted by Gasteiger charge is -1.99. The Balaban J connectivity index is 2.09. The third-order valence-electron chi connectivity index (χ3n) is 2.63. The van der Waals surface area contributed by atoms with Gasteiger partial charge >= 0.3 is 0 Å². The number of hydrogen-bond donors (Lipinski definition) is 2. The van der Waals surface area contributed by atoms with Gasteiger partial charge in [-0.05, 0) is 24.3 Å². The van der Waals surface area contributed by atoms with Crippen molar-refractivity contribution in [2.75, 3.05) is 5.73 Å². The number of nitrogen functional groups attached to an aromatic ring is 1. The SMILES string of the molecule is Nc1c(-c2ccccn2)n[nH]c1-c1ccccn1. The topological polar surface area (TPSA) is 80.5 Å². The lowest BCUT2D eigenvalue weighted by atomic mass is 10.2. The fraction of sp³-hybridized carbons (Fsp3) is 0. The van der Waals surface area contributed by atoms with Crippen molar-refractivity contribution in [1.82, 2.24) is 20.2 Å². The first-order chi connectivity index (χ1) is 8.86. The number of H-pyrrole nitrogens is 1. The summed E-state index contributed by atoms with van der Waals surface area (Å²) in [4.78, 5) is 8.48. The molecule has 0 saturated heterocycles. The molecule has 0 aliphatic heterocycles. The quantitative estimate of drug-likeness (QED) is 0.715. The third-order valence-corrected chi connectivity index (χ3v) is 2.63. The van der Waals surface area contributed by atoms with Crippen LogP contribution in [0.15, 0.2) is 48.8 Å². The summed E-state index contributed by atoms with van der Waals surface area (Å²) in [5.74, 6) is 0. The van der Waals surface area contributed by atoms with Crippen LogP contribution >= 0.6 is 0 Å². The van der Waals surface area contributed by atoms with Gasteiger partial charge in [0.25, 0.3) is 0 Å². The van der Waals surface area contributed by atoms with Crippen molar-refractivity contribution in [2.45, 2.75) is 0 Å². The fourth-order valence-corrected chi connectivity index (χ4v) is 1.75. The normalized spacial score (nSPS) is 10.4. The molecule has 3 aromatic heterocycles.